The minimum Gasteiger partial charge on any atom is -0.377 e. The number of halogens is 1. The molecule has 1 rings (SSSR count). The largest absolute Gasteiger partial charge is 0.377 e. The Labute approximate surface area is 105 Å². The van der Waals surface area contributed by atoms with Gasteiger partial charge in [-0.1, -0.05) is 24.6 Å². The fraction of sp³-hybridized carbons (Fsp3) is 0.692. The van der Waals surface area contributed by atoms with Gasteiger partial charge in [0.1, 0.15) is 0 Å². The summed E-state index contributed by atoms with van der Waals surface area (Å²) in [6, 6.07) is 0.665. The number of hydrogen-bond donors (Lipinski definition) is 0. The van der Waals surface area contributed by atoms with Crippen LogP contribution in [0.25, 0.3) is 0 Å². The van der Waals surface area contributed by atoms with E-state index in [9.17, 15) is 0 Å². The summed E-state index contributed by atoms with van der Waals surface area (Å²) in [5.74, 6) is 0. The number of hydrogen-bond acceptors (Lipinski definition) is 2. The lowest BCUT2D eigenvalue weighted by Crippen LogP contribution is -2.39. The molecule has 2 nitrogen and oxygen atoms in total. The molecule has 0 aromatic carbocycles. The van der Waals surface area contributed by atoms with E-state index in [0.717, 1.165) is 11.5 Å². The van der Waals surface area contributed by atoms with Gasteiger partial charge in [-0.05, 0) is 45.5 Å². The first-order chi connectivity index (χ1) is 7.63. The van der Waals surface area contributed by atoms with E-state index in [0.29, 0.717) is 6.04 Å². The summed E-state index contributed by atoms with van der Waals surface area (Å²) in [5, 5.41) is 0.835. The lowest BCUT2D eigenvalue weighted by atomic mass is 10.0. The zero-order valence-corrected chi connectivity index (χ0v) is 11.4. The first-order valence-corrected chi connectivity index (χ1v) is 6.45. The second-order valence-corrected chi connectivity index (χ2v) is 4.95. The molecule has 1 fully saturated rings. The average Bonchev–Trinajstić information content (AvgIpc) is 2.27. The van der Waals surface area contributed by atoms with Crippen molar-refractivity contribution < 1.29 is 0 Å². The third kappa shape index (κ3) is 4.58. The van der Waals surface area contributed by atoms with Gasteiger partial charge in [-0.3, -0.25) is 0 Å². The van der Waals surface area contributed by atoms with Crippen LogP contribution in [0.4, 0.5) is 0 Å². The Kier molecular flexibility index (Phi) is 5.93. The molecule has 0 aromatic heterocycles. The summed E-state index contributed by atoms with van der Waals surface area (Å²) < 4.78 is 0. The van der Waals surface area contributed by atoms with Crippen molar-refractivity contribution in [2.24, 2.45) is 0 Å². The van der Waals surface area contributed by atoms with Crippen LogP contribution in [-0.4, -0.2) is 43.0 Å². The normalized spacial score (nSPS) is 20.6. The third-order valence-corrected chi connectivity index (χ3v) is 3.41. The smallest absolute Gasteiger partial charge is 0.0380 e. The van der Waals surface area contributed by atoms with Gasteiger partial charge in [-0.15, -0.1) is 0 Å². The van der Waals surface area contributed by atoms with Crippen LogP contribution in [-0.2, 0) is 0 Å². The highest BCUT2D eigenvalue weighted by Gasteiger charge is 2.18. The molecule has 1 saturated heterocycles. The molecule has 1 aliphatic rings. The van der Waals surface area contributed by atoms with Crippen LogP contribution in [0.2, 0.25) is 0 Å². The molecule has 0 amide bonds. The molecule has 0 unspecified atom stereocenters. The van der Waals surface area contributed by atoms with E-state index in [2.05, 4.69) is 37.0 Å². The summed E-state index contributed by atoms with van der Waals surface area (Å²) in [5.41, 5.74) is 0. The number of rotatable bonds is 4. The van der Waals surface area contributed by atoms with Gasteiger partial charge >= 0.3 is 0 Å². The molecule has 0 N–H and O–H groups in total. The monoisotopic (exact) mass is 242 g/mol. The Morgan fingerprint density at radius 2 is 2.06 bits per heavy atom. The molecule has 1 heterocycles. The van der Waals surface area contributed by atoms with Gasteiger partial charge in [-0.25, -0.2) is 0 Å². The van der Waals surface area contributed by atoms with E-state index >= 15 is 0 Å². The van der Waals surface area contributed by atoms with Crippen molar-refractivity contribution in [3.63, 3.8) is 0 Å². The molecule has 0 atom stereocenters. The van der Waals surface area contributed by atoms with Crippen LogP contribution in [0.5, 0.6) is 0 Å². The van der Waals surface area contributed by atoms with Crippen molar-refractivity contribution in [3.05, 3.63) is 23.4 Å². The predicted molar refractivity (Wildman–Crippen MR) is 71.6 cm³/mol. The highest BCUT2D eigenvalue weighted by Crippen LogP contribution is 2.15. The van der Waals surface area contributed by atoms with Crippen LogP contribution in [0.15, 0.2) is 23.4 Å². The zero-order valence-electron chi connectivity index (χ0n) is 10.6. The molecule has 0 saturated carbocycles. The van der Waals surface area contributed by atoms with Crippen LogP contribution in [0.3, 0.4) is 0 Å². The summed E-state index contributed by atoms with van der Waals surface area (Å²) >= 11 is 6.03. The first-order valence-electron chi connectivity index (χ1n) is 6.07. The third-order valence-electron chi connectivity index (χ3n) is 3.13. The molecule has 92 valence electrons. The Balaban J connectivity index is 2.40. The Hall–Kier alpha value is -0.470. The van der Waals surface area contributed by atoms with Gasteiger partial charge in [-0.2, -0.15) is 0 Å². The van der Waals surface area contributed by atoms with Crippen molar-refractivity contribution in [3.8, 4) is 0 Å². The van der Waals surface area contributed by atoms with E-state index in [4.69, 9.17) is 11.6 Å². The van der Waals surface area contributed by atoms with Crippen molar-refractivity contribution in [2.45, 2.75) is 32.2 Å². The Morgan fingerprint density at radius 1 is 1.44 bits per heavy atom. The van der Waals surface area contributed by atoms with Gasteiger partial charge in [0, 0.05) is 24.3 Å². The molecule has 1 aliphatic heterocycles. The van der Waals surface area contributed by atoms with Gasteiger partial charge in [0.15, 0.2) is 0 Å². The Morgan fingerprint density at radius 3 is 2.62 bits per heavy atom. The first kappa shape index (κ1) is 13.6. The van der Waals surface area contributed by atoms with Crippen LogP contribution < -0.4 is 0 Å². The van der Waals surface area contributed by atoms with E-state index in [1.165, 1.54) is 25.9 Å². The maximum Gasteiger partial charge on any atom is 0.0380 e. The fourth-order valence-electron chi connectivity index (χ4n) is 1.98. The summed E-state index contributed by atoms with van der Waals surface area (Å²) in [6.45, 7) is 4.49. The minimum atomic E-state index is 0.665. The van der Waals surface area contributed by atoms with Gasteiger partial charge in [0.05, 0.1) is 0 Å². The number of piperidine rings is 1. The standard InChI is InChI=1S/C13H23ClN2/c1-4-5-12(14)6-11-16(3)13-7-9-15(2)10-8-13/h5-6,11,13H,4,7-10H2,1-3H3/b11-6-,12-5-. The highest BCUT2D eigenvalue weighted by atomic mass is 35.5. The predicted octanol–water partition coefficient (Wildman–Crippen LogP) is 3.06. The summed E-state index contributed by atoms with van der Waals surface area (Å²) in [6.07, 6.45) is 9.59. The minimum absolute atomic E-state index is 0.665. The van der Waals surface area contributed by atoms with Gasteiger partial charge < -0.3 is 9.80 Å². The number of likely N-dealkylation sites (tertiary alicyclic amines) is 1. The maximum atomic E-state index is 6.03. The van der Waals surface area contributed by atoms with Crippen LogP contribution in [0.1, 0.15) is 26.2 Å². The topological polar surface area (TPSA) is 6.48 Å². The molecular weight excluding hydrogens is 220 g/mol. The zero-order chi connectivity index (χ0) is 12.0. The van der Waals surface area contributed by atoms with Crippen molar-refractivity contribution in [2.75, 3.05) is 27.2 Å². The Bertz CT molecular complexity index is 253. The van der Waals surface area contributed by atoms with Crippen LogP contribution >= 0.6 is 11.6 Å². The molecule has 16 heavy (non-hydrogen) atoms. The molecular formula is C13H23ClN2. The van der Waals surface area contributed by atoms with Gasteiger partial charge in [0.2, 0.25) is 0 Å². The SMILES string of the molecule is CC/C=C(Cl)/C=C\N(C)C1CCN(C)CC1. The maximum absolute atomic E-state index is 6.03. The van der Waals surface area contributed by atoms with E-state index in [-0.39, 0.29) is 0 Å². The molecule has 0 spiro atoms. The quantitative estimate of drug-likeness (QED) is 0.700. The average molecular weight is 243 g/mol. The molecule has 0 bridgehead atoms. The van der Waals surface area contributed by atoms with Crippen LogP contribution in [0, 0.1) is 0 Å². The summed E-state index contributed by atoms with van der Waals surface area (Å²) in [7, 11) is 4.33. The highest BCUT2D eigenvalue weighted by molar-refractivity contribution is 6.31. The molecule has 0 aromatic rings. The fourth-order valence-corrected chi connectivity index (χ4v) is 2.19. The molecule has 0 aliphatic carbocycles. The van der Waals surface area contributed by atoms with E-state index < -0.39 is 0 Å². The number of nitrogens with zero attached hydrogens (tertiary/aromatic N) is 2. The second-order valence-electron chi connectivity index (χ2n) is 4.51. The lowest BCUT2D eigenvalue weighted by Gasteiger charge is -2.34. The number of allylic oxidation sites excluding steroid dienone is 3. The van der Waals surface area contributed by atoms with E-state index in [1.54, 1.807) is 0 Å². The van der Waals surface area contributed by atoms with E-state index in [1.807, 2.05) is 12.2 Å². The van der Waals surface area contributed by atoms with Crippen molar-refractivity contribution >= 4 is 11.6 Å². The second kappa shape index (κ2) is 6.97. The summed E-state index contributed by atoms with van der Waals surface area (Å²) in [4.78, 5) is 4.68. The van der Waals surface area contributed by atoms with Crippen molar-refractivity contribution in [1.82, 2.24) is 9.80 Å². The molecule has 3 heteroatoms. The molecule has 0 radical (unpaired) electrons. The van der Waals surface area contributed by atoms with Gasteiger partial charge in [0.25, 0.3) is 0 Å². The lowest BCUT2D eigenvalue weighted by molar-refractivity contribution is 0.180. The van der Waals surface area contributed by atoms with Crippen molar-refractivity contribution in [1.29, 1.82) is 0 Å².